The zero-order chi connectivity index (χ0) is 22.8. The normalized spacial score (nSPS) is 36.2. The Morgan fingerprint density at radius 3 is 2.27 bits per heavy atom. The third kappa shape index (κ3) is 5.36. The molecule has 3 heteroatoms. The van der Waals surface area contributed by atoms with Gasteiger partial charge in [0.1, 0.15) is 0 Å². The number of benzene rings is 1. The van der Waals surface area contributed by atoms with Gasteiger partial charge in [-0.1, -0.05) is 50.6 Å². The van der Waals surface area contributed by atoms with E-state index in [2.05, 4.69) is 66.3 Å². The van der Waals surface area contributed by atoms with E-state index >= 15 is 0 Å². The van der Waals surface area contributed by atoms with Gasteiger partial charge in [-0.05, 0) is 99.6 Å². The van der Waals surface area contributed by atoms with Gasteiger partial charge in [0.05, 0.1) is 0 Å². The van der Waals surface area contributed by atoms with Crippen molar-refractivity contribution in [3.8, 4) is 0 Å². The SMILES string of the molecule is CCC(C)[C@@H]1CN([C@H](CNC)Cc2ccccc2)CCN1CCC12CC3CC(CC(C3)C1)C2. The predicted molar refractivity (Wildman–Crippen MR) is 139 cm³/mol. The summed E-state index contributed by atoms with van der Waals surface area (Å²) in [7, 11) is 2.12. The smallest absolute Gasteiger partial charge is 0.0262 e. The fourth-order valence-corrected chi connectivity index (χ4v) is 8.72. The van der Waals surface area contributed by atoms with E-state index in [1.165, 1.54) is 44.6 Å². The average Bonchev–Trinajstić information content (AvgIpc) is 2.82. The summed E-state index contributed by atoms with van der Waals surface area (Å²) in [6.07, 6.45) is 13.3. The van der Waals surface area contributed by atoms with Gasteiger partial charge in [-0.2, -0.15) is 0 Å². The van der Waals surface area contributed by atoms with Gasteiger partial charge in [-0.25, -0.2) is 0 Å². The van der Waals surface area contributed by atoms with Crippen LogP contribution in [0, 0.1) is 29.1 Å². The Morgan fingerprint density at radius 1 is 1.00 bits per heavy atom. The van der Waals surface area contributed by atoms with Crippen LogP contribution in [0.3, 0.4) is 0 Å². The van der Waals surface area contributed by atoms with Crippen LogP contribution in [0.25, 0.3) is 0 Å². The molecule has 5 aliphatic rings. The van der Waals surface area contributed by atoms with Gasteiger partial charge in [0, 0.05) is 38.3 Å². The molecule has 184 valence electrons. The summed E-state index contributed by atoms with van der Waals surface area (Å²) in [4.78, 5) is 5.75. The fraction of sp³-hybridized carbons (Fsp3) is 0.800. The van der Waals surface area contributed by atoms with Crippen LogP contribution in [0.1, 0.15) is 70.8 Å². The lowest BCUT2D eigenvalue weighted by molar-refractivity contribution is -0.0677. The average molecular weight is 452 g/mol. The lowest BCUT2D eigenvalue weighted by Gasteiger charge is -2.57. The number of nitrogens with zero attached hydrogens (tertiary/aromatic N) is 2. The largest absolute Gasteiger partial charge is 0.318 e. The molecule has 33 heavy (non-hydrogen) atoms. The zero-order valence-corrected chi connectivity index (χ0v) is 21.6. The summed E-state index contributed by atoms with van der Waals surface area (Å²) in [5.74, 6) is 4.02. The highest BCUT2D eigenvalue weighted by Gasteiger charge is 2.50. The molecule has 4 aliphatic carbocycles. The molecule has 6 rings (SSSR count). The van der Waals surface area contributed by atoms with Gasteiger partial charge in [-0.15, -0.1) is 0 Å². The van der Waals surface area contributed by atoms with Gasteiger partial charge in [0.15, 0.2) is 0 Å². The Balaban J connectivity index is 1.23. The Morgan fingerprint density at radius 2 is 1.67 bits per heavy atom. The summed E-state index contributed by atoms with van der Waals surface area (Å²) in [6.45, 7) is 11.1. The van der Waals surface area contributed by atoms with Crippen LogP contribution in [0.2, 0.25) is 0 Å². The molecule has 4 saturated carbocycles. The standard InChI is InChI=1S/C30H49N3/c1-4-23(2)29-22-33(28(21-31-3)17-24-8-6-5-7-9-24)13-12-32(29)11-10-30-18-25-14-26(19-30)16-27(15-25)20-30/h5-9,23,25-29,31H,4,10-22H2,1-3H3/t23?,25?,26?,27?,28-,29-,30?/m0/s1. The van der Waals surface area contributed by atoms with Crippen molar-refractivity contribution in [1.82, 2.24) is 15.1 Å². The van der Waals surface area contributed by atoms with E-state index in [4.69, 9.17) is 0 Å². The minimum atomic E-state index is 0.592. The molecule has 0 amide bonds. The summed E-state index contributed by atoms with van der Waals surface area (Å²) in [5.41, 5.74) is 2.19. The third-order valence-corrected chi connectivity index (χ3v) is 10.2. The highest BCUT2D eigenvalue weighted by atomic mass is 15.3. The molecule has 3 nitrogen and oxygen atoms in total. The second kappa shape index (κ2) is 10.4. The van der Waals surface area contributed by atoms with E-state index in [9.17, 15) is 0 Å². The van der Waals surface area contributed by atoms with Crippen molar-refractivity contribution in [3.05, 3.63) is 35.9 Å². The van der Waals surface area contributed by atoms with E-state index in [0.29, 0.717) is 17.5 Å². The number of rotatable bonds is 10. The van der Waals surface area contributed by atoms with Crippen molar-refractivity contribution in [1.29, 1.82) is 0 Å². The number of likely N-dealkylation sites (N-methyl/N-ethyl adjacent to an activating group) is 1. The van der Waals surface area contributed by atoms with Crippen LogP contribution in [0.4, 0.5) is 0 Å². The van der Waals surface area contributed by atoms with Gasteiger partial charge in [0.2, 0.25) is 0 Å². The van der Waals surface area contributed by atoms with E-state index in [0.717, 1.165) is 36.6 Å². The Kier molecular flexibility index (Phi) is 7.49. The first-order valence-corrected chi connectivity index (χ1v) is 14.2. The van der Waals surface area contributed by atoms with Gasteiger partial charge < -0.3 is 5.32 Å². The minimum absolute atomic E-state index is 0.592. The molecule has 0 spiro atoms. The Bertz CT molecular complexity index is 711. The lowest BCUT2D eigenvalue weighted by atomic mass is 9.49. The van der Waals surface area contributed by atoms with Gasteiger partial charge in [0.25, 0.3) is 0 Å². The topological polar surface area (TPSA) is 18.5 Å². The molecule has 4 bridgehead atoms. The molecule has 1 saturated heterocycles. The first-order valence-electron chi connectivity index (χ1n) is 14.2. The van der Waals surface area contributed by atoms with Crippen LogP contribution >= 0.6 is 0 Å². The second-order valence-electron chi connectivity index (χ2n) is 12.6. The molecule has 1 N–H and O–H groups in total. The maximum absolute atomic E-state index is 3.50. The highest BCUT2D eigenvalue weighted by Crippen LogP contribution is 2.61. The van der Waals surface area contributed by atoms with Crippen molar-refractivity contribution in [2.75, 3.05) is 39.8 Å². The molecule has 1 aromatic carbocycles. The van der Waals surface area contributed by atoms with Crippen LogP contribution in [0.5, 0.6) is 0 Å². The number of hydrogen-bond acceptors (Lipinski definition) is 3. The first-order chi connectivity index (χ1) is 16.1. The predicted octanol–water partition coefficient (Wildman–Crippen LogP) is 5.46. The quantitative estimate of drug-likeness (QED) is 0.510. The zero-order valence-electron chi connectivity index (χ0n) is 21.6. The van der Waals surface area contributed by atoms with Crippen LogP contribution in [0.15, 0.2) is 30.3 Å². The summed E-state index contributed by atoms with van der Waals surface area (Å²) < 4.78 is 0. The van der Waals surface area contributed by atoms with Crippen LogP contribution < -0.4 is 5.32 Å². The molecule has 5 fully saturated rings. The van der Waals surface area contributed by atoms with E-state index < -0.39 is 0 Å². The Labute approximate surface area is 203 Å². The van der Waals surface area contributed by atoms with Crippen LogP contribution in [-0.2, 0) is 6.42 Å². The lowest BCUT2D eigenvalue weighted by Crippen LogP contribution is -2.60. The van der Waals surface area contributed by atoms with Crippen molar-refractivity contribution in [3.63, 3.8) is 0 Å². The molecular weight excluding hydrogens is 402 g/mol. The monoisotopic (exact) mass is 451 g/mol. The van der Waals surface area contributed by atoms with Crippen molar-refractivity contribution >= 4 is 0 Å². The third-order valence-electron chi connectivity index (χ3n) is 10.2. The first kappa shape index (κ1) is 23.8. The van der Waals surface area contributed by atoms with Gasteiger partial charge >= 0.3 is 0 Å². The number of nitrogens with one attached hydrogen (secondary N) is 1. The minimum Gasteiger partial charge on any atom is -0.318 e. The summed E-state index contributed by atoms with van der Waals surface area (Å²) >= 11 is 0. The summed E-state index contributed by atoms with van der Waals surface area (Å²) in [5, 5.41) is 3.50. The summed E-state index contributed by atoms with van der Waals surface area (Å²) in [6, 6.07) is 12.4. The van der Waals surface area contributed by atoms with Crippen molar-refractivity contribution in [2.24, 2.45) is 29.1 Å². The van der Waals surface area contributed by atoms with E-state index in [1.807, 2.05) is 0 Å². The molecular formula is C30H49N3. The molecule has 1 aliphatic heterocycles. The Hall–Kier alpha value is -0.900. The van der Waals surface area contributed by atoms with Gasteiger partial charge in [-0.3, -0.25) is 9.80 Å². The number of hydrogen-bond donors (Lipinski definition) is 1. The molecule has 1 unspecified atom stereocenters. The maximum Gasteiger partial charge on any atom is 0.0262 e. The maximum atomic E-state index is 3.50. The molecule has 1 heterocycles. The van der Waals surface area contributed by atoms with E-state index in [1.54, 1.807) is 38.5 Å². The fourth-order valence-electron chi connectivity index (χ4n) is 8.72. The molecule has 0 radical (unpaired) electrons. The van der Waals surface area contributed by atoms with Crippen molar-refractivity contribution in [2.45, 2.75) is 83.7 Å². The molecule has 0 aromatic heterocycles. The van der Waals surface area contributed by atoms with Crippen LogP contribution in [-0.4, -0.2) is 61.7 Å². The number of piperazine rings is 1. The van der Waals surface area contributed by atoms with E-state index in [-0.39, 0.29) is 0 Å². The molecule has 1 aromatic rings. The van der Waals surface area contributed by atoms with Crippen molar-refractivity contribution < 1.29 is 0 Å². The second-order valence-corrected chi connectivity index (χ2v) is 12.6. The molecule has 3 atom stereocenters. The highest BCUT2D eigenvalue weighted by molar-refractivity contribution is 5.16.